The molecule has 142 valence electrons. The number of amides is 1. The van der Waals surface area contributed by atoms with Gasteiger partial charge in [-0.1, -0.05) is 23.4 Å². The van der Waals surface area contributed by atoms with Crippen LogP contribution in [0.3, 0.4) is 0 Å². The van der Waals surface area contributed by atoms with Gasteiger partial charge in [0.05, 0.1) is 23.9 Å². The molecule has 2 aromatic carbocycles. The molecule has 0 radical (unpaired) electrons. The lowest BCUT2D eigenvalue weighted by Crippen LogP contribution is -2.33. The molecule has 0 aliphatic heterocycles. The summed E-state index contributed by atoms with van der Waals surface area (Å²) in [6, 6.07) is 14.5. The Hall–Kier alpha value is -2.96. The third kappa shape index (κ3) is 4.85. The number of nitriles is 1. The van der Waals surface area contributed by atoms with Crippen LogP contribution in [0.25, 0.3) is 5.69 Å². The van der Waals surface area contributed by atoms with Gasteiger partial charge in [-0.3, -0.25) is 4.79 Å². The molecule has 1 heterocycles. The normalized spacial score (nSPS) is 10.5. The number of benzene rings is 2. The third-order valence-corrected chi connectivity index (χ3v) is 4.88. The molecule has 0 saturated carbocycles. The van der Waals surface area contributed by atoms with E-state index < -0.39 is 5.82 Å². The number of carbonyl (C=O) groups is 1. The van der Waals surface area contributed by atoms with Gasteiger partial charge in [-0.15, -0.1) is 5.10 Å². The first-order valence-electron chi connectivity index (χ1n) is 8.18. The predicted octanol–water partition coefficient (Wildman–Crippen LogP) is 3.49. The van der Waals surface area contributed by atoms with E-state index in [-0.39, 0.29) is 24.6 Å². The van der Waals surface area contributed by atoms with E-state index in [4.69, 9.17) is 16.9 Å². The van der Waals surface area contributed by atoms with E-state index in [9.17, 15) is 9.18 Å². The first-order chi connectivity index (χ1) is 13.6. The lowest BCUT2D eigenvalue weighted by Gasteiger charge is -2.21. The molecule has 10 heteroatoms. The first-order valence-corrected chi connectivity index (χ1v) is 9.55. The van der Waals surface area contributed by atoms with E-state index in [1.807, 2.05) is 6.07 Å². The van der Waals surface area contributed by atoms with Crippen LogP contribution in [0.4, 0.5) is 10.1 Å². The Morgan fingerprint density at radius 1 is 1.21 bits per heavy atom. The molecule has 0 fully saturated rings. The molecule has 0 unspecified atom stereocenters. The highest BCUT2D eigenvalue weighted by atomic mass is 35.5. The summed E-state index contributed by atoms with van der Waals surface area (Å²) in [7, 11) is 0. The van der Waals surface area contributed by atoms with Crippen LogP contribution >= 0.6 is 23.4 Å². The van der Waals surface area contributed by atoms with Gasteiger partial charge in [0.25, 0.3) is 0 Å². The standard InChI is InChI=1S/C18H14ClFN6OS/c19-13-2-6-16(7-3-13)26-18(22-23-24-26)28-12-17(27)25(11-1-10-21)15-8-4-14(20)5-9-15/h2-9H,1,11-12H2. The minimum Gasteiger partial charge on any atom is -0.311 e. The third-order valence-electron chi connectivity index (χ3n) is 3.72. The van der Waals surface area contributed by atoms with Crippen molar-refractivity contribution in [3.05, 3.63) is 59.4 Å². The van der Waals surface area contributed by atoms with E-state index in [1.54, 1.807) is 24.3 Å². The summed E-state index contributed by atoms with van der Waals surface area (Å²) in [5.74, 6) is -0.581. The Morgan fingerprint density at radius 3 is 2.61 bits per heavy atom. The van der Waals surface area contributed by atoms with Crippen LogP contribution in [0.2, 0.25) is 5.02 Å². The maximum absolute atomic E-state index is 13.2. The lowest BCUT2D eigenvalue weighted by molar-refractivity contribution is -0.116. The van der Waals surface area contributed by atoms with E-state index in [0.717, 1.165) is 0 Å². The number of thioether (sulfide) groups is 1. The van der Waals surface area contributed by atoms with Crippen molar-refractivity contribution < 1.29 is 9.18 Å². The molecule has 0 saturated heterocycles. The summed E-state index contributed by atoms with van der Waals surface area (Å²) >= 11 is 7.06. The Morgan fingerprint density at radius 2 is 1.93 bits per heavy atom. The summed E-state index contributed by atoms with van der Waals surface area (Å²) in [4.78, 5) is 14.2. The van der Waals surface area contributed by atoms with E-state index >= 15 is 0 Å². The minimum atomic E-state index is -0.395. The van der Waals surface area contributed by atoms with E-state index in [2.05, 4.69) is 15.5 Å². The van der Waals surface area contributed by atoms with Gasteiger partial charge >= 0.3 is 0 Å². The summed E-state index contributed by atoms with van der Waals surface area (Å²) in [6.07, 6.45) is 0.163. The van der Waals surface area contributed by atoms with Gasteiger partial charge in [0.1, 0.15) is 5.82 Å². The maximum atomic E-state index is 13.2. The summed E-state index contributed by atoms with van der Waals surface area (Å²) in [5.41, 5.74) is 1.24. The zero-order chi connectivity index (χ0) is 19.9. The van der Waals surface area contributed by atoms with Crippen LogP contribution in [0, 0.1) is 17.1 Å². The van der Waals surface area contributed by atoms with Crippen LogP contribution in [0.1, 0.15) is 6.42 Å². The van der Waals surface area contributed by atoms with Crippen LogP contribution in [0.15, 0.2) is 53.7 Å². The van der Waals surface area contributed by atoms with Gasteiger partial charge in [0.2, 0.25) is 11.1 Å². The van der Waals surface area contributed by atoms with Crippen LogP contribution in [0.5, 0.6) is 0 Å². The molecule has 7 nitrogen and oxygen atoms in total. The van der Waals surface area contributed by atoms with Gasteiger partial charge in [-0.05, 0) is 59.0 Å². The highest BCUT2D eigenvalue weighted by Crippen LogP contribution is 2.22. The molecule has 1 aromatic heterocycles. The number of anilines is 1. The van der Waals surface area contributed by atoms with E-state index in [0.29, 0.717) is 21.6 Å². The lowest BCUT2D eigenvalue weighted by atomic mass is 10.2. The SMILES string of the molecule is N#CCCN(C(=O)CSc1nnnn1-c1ccc(Cl)cc1)c1ccc(F)cc1. The van der Waals surface area contributed by atoms with Crippen molar-refractivity contribution in [2.24, 2.45) is 0 Å². The molecule has 28 heavy (non-hydrogen) atoms. The molecule has 0 bridgehead atoms. The molecule has 0 atom stereocenters. The van der Waals surface area contributed by atoms with Gasteiger partial charge in [0, 0.05) is 17.3 Å². The fourth-order valence-electron chi connectivity index (χ4n) is 2.40. The number of carbonyl (C=O) groups excluding carboxylic acids is 1. The second kappa shape index (κ2) is 9.30. The number of hydrogen-bond donors (Lipinski definition) is 0. The topological polar surface area (TPSA) is 87.7 Å². The predicted molar refractivity (Wildman–Crippen MR) is 104 cm³/mol. The number of nitrogens with zero attached hydrogens (tertiary/aromatic N) is 6. The van der Waals surface area contributed by atoms with Crippen molar-refractivity contribution in [1.82, 2.24) is 20.2 Å². The number of hydrogen-bond acceptors (Lipinski definition) is 6. The number of halogens is 2. The second-order valence-corrected chi connectivity index (χ2v) is 6.95. The summed E-state index contributed by atoms with van der Waals surface area (Å²) in [6.45, 7) is 0.212. The monoisotopic (exact) mass is 416 g/mol. The number of aromatic nitrogens is 4. The average molecular weight is 417 g/mol. The fourth-order valence-corrected chi connectivity index (χ4v) is 3.29. The molecular formula is C18H14ClFN6OS. The highest BCUT2D eigenvalue weighted by molar-refractivity contribution is 7.99. The largest absolute Gasteiger partial charge is 0.311 e. The zero-order valence-electron chi connectivity index (χ0n) is 14.5. The van der Waals surface area contributed by atoms with Gasteiger partial charge in [0.15, 0.2) is 0 Å². The van der Waals surface area contributed by atoms with Crippen molar-refractivity contribution in [3.8, 4) is 11.8 Å². The van der Waals surface area contributed by atoms with Gasteiger partial charge < -0.3 is 4.90 Å². The highest BCUT2D eigenvalue weighted by Gasteiger charge is 2.18. The van der Waals surface area contributed by atoms with Crippen LogP contribution < -0.4 is 4.90 Å². The zero-order valence-corrected chi connectivity index (χ0v) is 16.1. The molecule has 1 amide bonds. The number of tetrazole rings is 1. The first kappa shape index (κ1) is 19.8. The van der Waals surface area contributed by atoms with Crippen molar-refractivity contribution in [2.45, 2.75) is 11.6 Å². The molecule has 3 rings (SSSR count). The molecule has 0 aliphatic rings. The number of rotatable bonds is 7. The van der Waals surface area contributed by atoms with Crippen molar-refractivity contribution in [1.29, 1.82) is 5.26 Å². The average Bonchev–Trinajstić information content (AvgIpc) is 3.17. The van der Waals surface area contributed by atoms with Crippen LogP contribution in [-0.2, 0) is 4.79 Å². The maximum Gasteiger partial charge on any atom is 0.237 e. The Kier molecular flexibility index (Phi) is 6.57. The van der Waals surface area contributed by atoms with Crippen molar-refractivity contribution >= 4 is 35.0 Å². The second-order valence-electron chi connectivity index (χ2n) is 5.57. The smallest absolute Gasteiger partial charge is 0.237 e. The minimum absolute atomic E-state index is 0.0523. The van der Waals surface area contributed by atoms with Gasteiger partial charge in [-0.25, -0.2) is 4.39 Å². The Bertz CT molecular complexity index is 987. The Labute approximate surface area is 169 Å². The van der Waals surface area contributed by atoms with Crippen molar-refractivity contribution in [3.63, 3.8) is 0 Å². The molecular weight excluding hydrogens is 403 g/mol. The Balaban J connectivity index is 1.73. The quantitative estimate of drug-likeness (QED) is 0.548. The molecule has 0 aliphatic carbocycles. The van der Waals surface area contributed by atoms with Crippen molar-refractivity contribution in [2.75, 3.05) is 17.2 Å². The van der Waals surface area contributed by atoms with E-state index in [1.165, 1.54) is 45.6 Å². The van der Waals surface area contributed by atoms with Gasteiger partial charge in [-0.2, -0.15) is 9.94 Å². The van der Waals surface area contributed by atoms with Crippen LogP contribution in [-0.4, -0.2) is 38.4 Å². The summed E-state index contributed by atoms with van der Waals surface area (Å²) in [5, 5.41) is 21.4. The molecule has 3 aromatic rings. The summed E-state index contributed by atoms with van der Waals surface area (Å²) < 4.78 is 14.7. The molecule has 0 N–H and O–H groups in total. The fraction of sp³-hybridized carbons (Fsp3) is 0.167. The molecule has 0 spiro atoms.